The molecule has 1 aromatic carbocycles. The molecular formula is C12H17ClN2S. The Morgan fingerprint density at radius 2 is 2.38 bits per heavy atom. The Hall–Kier alpha value is -0.380. The minimum atomic E-state index is 0.547. The van der Waals surface area contributed by atoms with Gasteiger partial charge < -0.3 is 10.2 Å². The van der Waals surface area contributed by atoms with Crippen LogP contribution in [0.4, 0.5) is 5.69 Å². The molecule has 0 saturated heterocycles. The van der Waals surface area contributed by atoms with Crippen LogP contribution in [0.5, 0.6) is 0 Å². The van der Waals surface area contributed by atoms with E-state index in [0.29, 0.717) is 6.04 Å². The van der Waals surface area contributed by atoms with Gasteiger partial charge in [-0.1, -0.05) is 17.7 Å². The minimum absolute atomic E-state index is 0.547. The van der Waals surface area contributed by atoms with Crippen molar-refractivity contribution < 1.29 is 0 Å². The molecule has 0 radical (unpaired) electrons. The lowest BCUT2D eigenvalue weighted by atomic mass is 10.2. The van der Waals surface area contributed by atoms with E-state index in [2.05, 4.69) is 23.2 Å². The SMILES string of the molecule is CNCCN1c2c(Cl)cccc2SCC1C. The van der Waals surface area contributed by atoms with E-state index in [9.17, 15) is 0 Å². The molecule has 0 aromatic heterocycles. The molecule has 0 fully saturated rings. The third-order valence-electron chi connectivity index (χ3n) is 2.85. The molecule has 1 aromatic rings. The van der Waals surface area contributed by atoms with Crippen LogP contribution in [-0.2, 0) is 0 Å². The Morgan fingerprint density at radius 3 is 3.12 bits per heavy atom. The van der Waals surface area contributed by atoms with Crippen molar-refractivity contribution in [1.82, 2.24) is 5.32 Å². The van der Waals surface area contributed by atoms with Crippen LogP contribution in [0.1, 0.15) is 6.92 Å². The van der Waals surface area contributed by atoms with Crippen molar-refractivity contribution in [3.63, 3.8) is 0 Å². The summed E-state index contributed by atoms with van der Waals surface area (Å²) in [7, 11) is 1.98. The maximum Gasteiger partial charge on any atom is 0.0696 e. The number of nitrogens with zero attached hydrogens (tertiary/aromatic N) is 1. The molecule has 1 aliphatic heterocycles. The topological polar surface area (TPSA) is 15.3 Å². The summed E-state index contributed by atoms with van der Waals surface area (Å²) in [5, 5.41) is 4.06. The van der Waals surface area contributed by atoms with Crippen molar-refractivity contribution in [3.05, 3.63) is 23.2 Å². The normalized spacial score (nSPS) is 19.7. The Balaban J connectivity index is 2.31. The quantitative estimate of drug-likeness (QED) is 0.895. The van der Waals surface area contributed by atoms with Crippen LogP contribution in [0, 0.1) is 0 Å². The van der Waals surface area contributed by atoms with Crippen molar-refractivity contribution >= 4 is 29.1 Å². The summed E-state index contributed by atoms with van der Waals surface area (Å²) < 4.78 is 0. The Bertz CT molecular complexity index is 370. The summed E-state index contributed by atoms with van der Waals surface area (Å²) in [6.45, 7) is 4.25. The Labute approximate surface area is 106 Å². The van der Waals surface area contributed by atoms with Gasteiger partial charge >= 0.3 is 0 Å². The van der Waals surface area contributed by atoms with Gasteiger partial charge in [0.2, 0.25) is 0 Å². The van der Waals surface area contributed by atoms with Crippen LogP contribution >= 0.6 is 23.4 Å². The van der Waals surface area contributed by atoms with Crippen molar-refractivity contribution in [2.24, 2.45) is 0 Å². The van der Waals surface area contributed by atoms with Gasteiger partial charge in [0.25, 0.3) is 0 Å². The van der Waals surface area contributed by atoms with Gasteiger partial charge in [0.05, 0.1) is 10.7 Å². The van der Waals surface area contributed by atoms with Crippen molar-refractivity contribution in [3.8, 4) is 0 Å². The zero-order chi connectivity index (χ0) is 11.5. The number of para-hydroxylation sites is 1. The van der Waals surface area contributed by atoms with Gasteiger partial charge in [-0.25, -0.2) is 0 Å². The number of halogens is 1. The molecule has 16 heavy (non-hydrogen) atoms. The van der Waals surface area contributed by atoms with Crippen LogP contribution < -0.4 is 10.2 Å². The van der Waals surface area contributed by atoms with E-state index in [1.54, 1.807) is 0 Å². The number of hydrogen-bond acceptors (Lipinski definition) is 3. The van der Waals surface area contributed by atoms with E-state index in [1.165, 1.54) is 10.6 Å². The molecule has 1 N–H and O–H groups in total. The number of rotatable bonds is 3. The fourth-order valence-corrected chi connectivity index (χ4v) is 3.45. The fraction of sp³-hybridized carbons (Fsp3) is 0.500. The zero-order valence-electron chi connectivity index (χ0n) is 9.66. The Morgan fingerprint density at radius 1 is 1.56 bits per heavy atom. The number of anilines is 1. The summed E-state index contributed by atoms with van der Waals surface area (Å²) in [5.74, 6) is 1.14. The lowest BCUT2D eigenvalue weighted by Crippen LogP contribution is -2.41. The van der Waals surface area contributed by atoms with Gasteiger partial charge in [-0.3, -0.25) is 0 Å². The molecule has 2 rings (SSSR count). The highest BCUT2D eigenvalue weighted by Gasteiger charge is 2.24. The highest BCUT2D eigenvalue weighted by atomic mass is 35.5. The molecule has 1 atom stereocenters. The minimum Gasteiger partial charge on any atom is -0.365 e. The third kappa shape index (κ3) is 2.31. The Kier molecular flexibility index (Phi) is 4.00. The molecule has 88 valence electrons. The average Bonchev–Trinajstić information content (AvgIpc) is 2.28. The van der Waals surface area contributed by atoms with E-state index in [0.717, 1.165) is 23.9 Å². The molecule has 1 aliphatic rings. The summed E-state index contributed by atoms with van der Waals surface area (Å²) in [5.41, 5.74) is 1.21. The molecule has 1 unspecified atom stereocenters. The first kappa shape index (κ1) is 12.1. The van der Waals surface area contributed by atoms with Crippen LogP contribution in [0.2, 0.25) is 5.02 Å². The molecule has 0 bridgehead atoms. The fourth-order valence-electron chi connectivity index (χ4n) is 1.98. The standard InChI is InChI=1S/C12H17ClN2S/c1-9-8-16-11-5-3-4-10(13)12(11)15(9)7-6-14-2/h3-5,9,14H,6-8H2,1-2H3. The van der Waals surface area contributed by atoms with Crippen molar-refractivity contribution in [1.29, 1.82) is 0 Å². The summed E-state index contributed by atoms with van der Waals surface area (Å²) >= 11 is 8.21. The number of hydrogen-bond donors (Lipinski definition) is 1. The second-order valence-corrected chi connectivity index (χ2v) is 5.51. The molecule has 4 heteroatoms. The number of fused-ring (bicyclic) bond motifs is 1. The summed E-state index contributed by atoms with van der Waals surface area (Å²) in [4.78, 5) is 3.71. The maximum absolute atomic E-state index is 6.31. The third-order valence-corrected chi connectivity index (χ3v) is 4.45. The van der Waals surface area contributed by atoms with Gasteiger partial charge in [0.15, 0.2) is 0 Å². The first-order valence-corrected chi connectivity index (χ1v) is 6.93. The molecule has 0 saturated carbocycles. The number of likely N-dealkylation sites (N-methyl/N-ethyl adjacent to an activating group) is 1. The van der Waals surface area contributed by atoms with E-state index in [1.807, 2.05) is 30.9 Å². The van der Waals surface area contributed by atoms with Crippen molar-refractivity contribution in [2.45, 2.75) is 17.9 Å². The number of thioether (sulfide) groups is 1. The molecule has 0 aliphatic carbocycles. The predicted octanol–water partition coefficient (Wildman–Crippen LogP) is 2.86. The molecule has 2 nitrogen and oxygen atoms in total. The largest absolute Gasteiger partial charge is 0.365 e. The zero-order valence-corrected chi connectivity index (χ0v) is 11.2. The van der Waals surface area contributed by atoms with Crippen LogP contribution in [0.25, 0.3) is 0 Å². The van der Waals surface area contributed by atoms with Gasteiger partial charge in [-0.15, -0.1) is 11.8 Å². The predicted molar refractivity (Wildman–Crippen MR) is 72.9 cm³/mol. The first-order chi connectivity index (χ1) is 7.74. The highest BCUT2D eigenvalue weighted by Crippen LogP contribution is 2.41. The molecular weight excluding hydrogens is 240 g/mol. The number of nitrogens with one attached hydrogen (secondary N) is 1. The highest BCUT2D eigenvalue weighted by molar-refractivity contribution is 7.99. The van der Waals surface area contributed by atoms with E-state index >= 15 is 0 Å². The van der Waals surface area contributed by atoms with Crippen LogP contribution in [0.3, 0.4) is 0 Å². The van der Waals surface area contributed by atoms with E-state index in [4.69, 9.17) is 11.6 Å². The first-order valence-electron chi connectivity index (χ1n) is 5.56. The smallest absolute Gasteiger partial charge is 0.0696 e. The summed E-state index contributed by atoms with van der Waals surface area (Å²) in [6.07, 6.45) is 0. The number of benzene rings is 1. The molecule has 1 heterocycles. The van der Waals surface area contributed by atoms with Crippen LogP contribution in [-0.4, -0.2) is 31.9 Å². The van der Waals surface area contributed by atoms with Gasteiger partial charge in [0, 0.05) is 29.8 Å². The second-order valence-electron chi connectivity index (χ2n) is 4.04. The lowest BCUT2D eigenvalue weighted by molar-refractivity contribution is 0.648. The van der Waals surface area contributed by atoms with E-state index in [-0.39, 0.29) is 0 Å². The van der Waals surface area contributed by atoms with Gasteiger partial charge in [0.1, 0.15) is 0 Å². The maximum atomic E-state index is 6.31. The van der Waals surface area contributed by atoms with Crippen molar-refractivity contribution in [2.75, 3.05) is 30.8 Å². The van der Waals surface area contributed by atoms with Crippen LogP contribution in [0.15, 0.2) is 23.1 Å². The van der Waals surface area contributed by atoms with E-state index < -0.39 is 0 Å². The monoisotopic (exact) mass is 256 g/mol. The van der Waals surface area contributed by atoms with Gasteiger partial charge in [-0.2, -0.15) is 0 Å². The molecule has 0 amide bonds. The second kappa shape index (κ2) is 5.30. The van der Waals surface area contributed by atoms with Gasteiger partial charge in [-0.05, 0) is 26.1 Å². The average molecular weight is 257 g/mol. The lowest BCUT2D eigenvalue weighted by Gasteiger charge is -2.37. The molecule has 0 spiro atoms. The summed E-state index contributed by atoms with van der Waals surface area (Å²) in [6, 6.07) is 6.71.